The first-order valence-electron chi connectivity index (χ1n) is 10.5. The number of nitrogens with zero attached hydrogens (tertiary/aromatic N) is 1. The zero-order valence-electron chi connectivity index (χ0n) is 17.5. The van der Waals surface area contributed by atoms with Crippen molar-refractivity contribution < 1.29 is 4.90 Å². The first-order valence-corrected chi connectivity index (χ1v) is 11.8. The fourth-order valence-corrected chi connectivity index (χ4v) is 5.21. The molecular weight excluding hydrogens is 382 g/mol. The van der Waals surface area contributed by atoms with E-state index in [4.69, 9.17) is 12.2 Å². The van der Waals surface area contributed by atoms with E-state index in [-0.39, 0.29) is 0 Å². The van der Waals surface area contributed by atoms with Gasteiger partial charge in [0, 0.05) is 23.5 Å². The van der Waals surface area contributed by atoms with Gasteiger partial charge in [-0.1, -0.05) is 23.8 Å². The summed E-state index contributed by atoms with van der Waals surface area (Å²) in [6.07, 6.45) is 5.38. The summed E-state index contributed by atoms with van der Waals surface area (Å²) in [4.78, 5) is 5.49. The molecule has 1 aliphatic rings. The van der Waals surface area contributed by atoms with Gasteiger partial charge >= 0.3 is 0 Å². The van der Waals surface area contributed by atoms with Crippen LogP contribution in [0.1, 0.15) is 47.3 Å². The fraction of sp³-hybridized carbons (Fsp3) is 0.522. The lowest BCUT2D eigenvalue weighted by Crippen LogP contribution is -3.12. The van der Waals surface area contributed by atoms with E-state index < -0.39 is 0 Å². The summed E-state index contributed by atoms with van der Waals surface area (Å²) >= 11 is 7.68. The van der Waals surface area contributed by atoms with Gasteiger partial charge in [0.2, 0.25) is 0 Å². The van der Waals surface area contributed by atoms with Gasteiger partial charge in [0.1, 0.15) is 0 Å². The smallest absolute Gasteiger partial charge is 0.173 e. The number of thiocarbonyl (C=S) groups is 1. The van der Waals surface area contributed by atoms with Crippen LogP contribution in [-0.2, 0) is 6.54 Å². The van der Waals surface area contributed by atoms with Crippen LogP contribution in [-0.4, -0.2) is 36.2 Å². The Morgan fingerprint density at radius 1 is 1.14 bits per heavy atom. The van der Waals surface area contributed by atoms with Crippen LogP contribution in [0.5, 0.6) is 0 Å². The van der Waals surface area contributed by atoms with E-state index in [9.17, 15) is 0 Å². The van der Waals surface area contributed by atoms with Crippen molar-refractivity contribution in [3.8, 4) is 0 Å². The lowest BCUT2D eigenvalue weighted by Gasteiger charge is -2.28. The Hall–Kier alpha value is -1.43. The van der Waals surface area contributed by atoms with Crippen molar-refractivity contribution in [1.82, 2.24) is 4.90 Å². The number of hydrogen-bond acceptors (Lipinski definition) is 2. The Morgan fingerprint density at radius 3 is 2.50 bits per heavy atom. The summed E-state index contributed by atoms with van der Waals surface area (Å²) < 4.78 is 0. The lowest BCUT2D eigenvalue weighted by molar-refractivity contribution is -0.905. The first kappa shape index (κ1) is 21.3. The maximum atomic E-state index is 5.87. The third-order valence-corrected chi connectivity index (χ3v) is 6.86. The van der Waals surface area contributed by atoms with E-state index in [0.717, 1.165) is 23.9 Å². The van der Waals surface area contributed by atoms with E-state index in [2.05, 4.69) is 60.6 Å². The third-order valence-electron chi connectivity index (χ3n) is 5.64. The van der Waals surface area contributed by atoms with Gasteiger partial charge in [-0.2, -0.15) is 0 Å². The average Bonchev–Trinajstić information content (AvgIpc) is 3.17. The number of rotatable bonds is 7. The van der Waals surface area contributed by atoms with Gasteiger partial charge in [-0.25, -0.2) is 0 Å². The molecule has 152 valence electrons. The van der Waals surface area contributed by atoms with E-state index in [0.29, 0.717) is 0 Å². The molecule has 5 heteroatoms. The minimum Gasteiger partial charge on any atom is -0.344 e. The Labute approximate surface area is 179 Å². The molecule has 2 N–H and O–H groups in total. The predicted molar refractivity (Wildman–Crippen MR) is 126 cm³/mol. The second-order valence-electron chi connectivity index (χ2n) is 8.12. The van der Waals surface area contributed by atoms with Crippen molar-refractivity contribution in [2.75, 3.05) is 31.5 Å². The van der Waals surface area contributed by atoms with Crippen LogP contribution in [0.25, 0.3) is 0 Å². The van der Waals surface area contributed by atoms with Crippen molar-refractivity contribution in [2.45, 2.75) is 53.0 Å². The summed E-state index contributed by atoms with van der Waals surface area (Å²) in [5.41, 5.74) is 4.97. The molecule has 1 saturated heterocycles. The maximum absolute atomic E-state index is 5.87. The minimum atomic E-state index is 0.845. The number of hydrogen-bond donors (Lipinski definition) is 2. The lowest BCUT2D eigenvalue weighted by atomic mass is 10.1. The monoisotopic (exact) mass is 416 g/mol. The molecule has 2 heterocycles. The van der Waals surface area contributed by atoms with Crippen molar-refractivity contribution in [3.05, 3.63) is 51.2 Å². The third kappa shape index (κ3) is 6.03. The second kappa shape index (κ2) is 10.4. The van der Waals surface area contributed by atoms with E-state index >= 15 is 0 Å². The van der Waals surface area contributed by atoms with Crippen molar-refractivity contribution in [2.24, 2.45) is 0 Å². The summed E-state index contributed by atoms with van der Waals surface area (Å²) in [7, 11) is 0. The van der Waals surface area contributed by atoms with Crippen LogP contribution in [0.15, 0.2) is 29.6 Å². The van der Waals surface area contributed by atoms with Gasteiger partial charge in [0.15, 0.2) is 5.11 Å². The Bertz CT molecular complexity index is 741. The number of piperidine rings is 1. The highest BCUT2D eigenvalue weighted by atomic mass is 32.1. The van der Waals surface area contributed by atoms with Crippen LogP contribution < -0.4 is 10.2 Å². The largest absolute Gasteiger partial charge is 0.344 e. The van der Waals surface area contributed by atoms with Gasteiger partial charge < -0.3 is 15.1 Å². The average molecular weight is 417 g/mol. The minimum absolute atomic E-state index is 0.845. The molecule has 0 radical (unpaired) electrons. The molecule has 3 rings (SSSR count). The quantitative estimate of drug-likeness (QED) is 0.656. The maximum Gasteiger partial charge on any atom is 0.173 e. The second-order valence-corrected chi connectivity index (χ2v) is 9.54. The number of likely N-dealkylation sites (tertiary alicyclic amines) is 1. The number of quaternary nitrogens is 1. The molecule has 1 fully saturated rings. The molecule has 28 heavy (non-hydrogen) atoms. The highest BCUT2D eigenvalue weighted by Gasteiger charge is 2.17. The Kier molecular flexibility index (Phi) is 7.89. The molecule has 0 saturated carbocycles. The number of thiophene rings is 1. The van der Waals surface area contributed by atoms with E-state index in [1.54, 1.807) is 4.90 Å². The van der Waals surface area contributed by atoms with Crippen LogP contribution in [0.4, 0.5) is 5.69 Å². The number of anilines is 1. The number of benzene rings is 1. The van der Waals surface area contributed by atoms with Crippen LogP contribution in [0.2, 0.25) is 0 Å². The van der Waals surface area contributed by atoms with Gasteiger partial charge in [-0.05, 0) is 74.8 Å². The van der Waals surface area contributed by atoms with Crippen molar-refractivity contribution in [3.63, 3.8) is 0 Å². The molecule has 2 aromatic rings. The SMILES string of the molecule is Cc1cc(C)c(NC(=S)N(CCC[NH+]2CCCCC2)Cc2cccs2)c(C)c1. The molecule has 1 aromatic carbocycles. The van der Waals surface area contributed by atoms with Gasteiger partial charge in [0.25, 0.3) is 0 Å². The highest BCUT2D eigenvalue weighted by molar-refractivity contribution is 7.80. The molecule has 1 aromatic heterocycles. The van der Waals surface area contributed by atoms with Crippen molar-refractivity contribution in [1.29, 1.82) is 0 Å². The first-order chi connectivity index (χ1) is 13.5. The van der Waals surface area contributed by atoms with E-state index in [1.807, 2.05) is 11.3 Å². The topological polar surface area (TPSA) is 19.7 Å². The number of nitrogens with one attached hydrogen (secondary N) is 2. The summed E-state index contributed by atoms with van der Waals surface area (Å²) in [6, 6.07) is 8.78. The molecule has 0 atom stereocenters. The zero-order valence-corrected chi connectivity index (χ0v) is 19.1. The van der Waals surface area contributed by atoms with Gasteiger partial charge in [-0.3, -0.25) is 0 Å². The molecule has 3 nitrogen and oxygen atoms in total. The summed E-state index contributed by atoms with van der Waals surface area (Å²) in [5.74, 6) is 0. The molecule has 0 aliphatic carbocycles. The normalized spacial score (nSPS) is 14.8. The molecule has 0 bridgehead atoms. The Morgan fingerprint density at radius 2 is 1.86 bits per heavy atom. The van der Waals surface area contributed by atoms with Crippen LogP contribution in [0.3, 0.4) is 0 Å². The fourth-order valence-electron chi connectivity index (χ4n) is 4.23. The molecule has 0 unspecified atom stereocenters. The molecular formula is C23H34N3S2+. The van der Waals surface area contributed by atoms with Gasteiger partial charge in [0.05, 0.1) is 26.2 Å². The number of aryl methyl sites for hydroxylation is 3. The predicted octanol–water partition coefficient (Wildman–Crippen LogP) is 4.33. The highest BCUT2D eigenvalue weighted by Crippen LogP contribution is 2.23. The summed E-state index contributed by atoms with van der Waals surface area (Å²) in [6.45, 7) is 12.3. The molecule has 0 amide bonds. The van der Waals surface area contributed by atoms with Crippen LogP contribution >= 0.6 is 23.6 Å². The van der Waals surface area contributed by atoms with E-state index in [1.165, 1.54) is 66.9 Å². The zero-order chi connectivity index (χ0) is 19.9. The summed E-state index contributed by atoms with van der Waals surface area (Å²) in [5, 5.41) is 6.56. The van der Waals surface area contributed by atoms with Crippen LogP contribution in [0, 0.1) is 20.8 Å². The van der Waals surface area contributed by atoms with Crippen molar-refractivity contribution >= 4 is 34.4 Å². The standard InChI is InChI=1S/C23H33N3S2/c1-18-15-19(2)22(20(3)16-18)24-23(27)26(17-21-9-7-14-28-21)13-8-12-25-10-5-4-6-11-25/h7,9,14-16H,4-6,8,10-13,17H2,1-3H3,(H,24,27)/p+1. The van der Waals surface area contributed by atoms with Gasteiger partial charge in [-0.15, -0.1) is 11.3 Å². The molecule has 1 aliphatic heterocycles. The Balaban J connectivity index is 1.64. The molecule has 0 spiro atoms.